The third-order valence-electron chi connectivity index (χ3n) is 1.76. The van der Waals surface area contributed by atoms with Gasteiger partial charge in [-0.3, -0.25) is 0 Å². The predicted octanol–water partition coefficient (Wildman–Crippen LogP) is 1.84. The summed E-state index contributed by atoms with van der Waals surface area (Å²) in [5.41, 5.74) is 0. The van der Waals surface area contributed by atoms with Crippen molar-refractivity contribution in [1.82, 2.24) is 0 Å². The highest BCUT2D eigenvalue weighted by Gasteiger charge is 2.11. The first kappa shape index (κ1) is 6.81. The molecule has 1 rings (SSSR count). The molecule has 1 heteroatoms. The summed E-state index contributed by atoms with van der Waals surface area (Å²) in [4.78, 5) is 0. The van der Waals surface area contributed by atoms with E-state index in [0.29, 0.717) is 5.92 Å². The molecule has 0 fully saturated rings. The second-order valence-electron chi connectivity index (χ2n) is 2.87. The van der Waals surface area contributed by atoms with Crippen LogP contribution in [0.4, 0.5) is 0 Å². The van der Waals surface area contributed by atoms with Crippen molar-refractivity contribution in [2.45, 2.75) is 13.8 Å². The van der Waals surface area contributed by atoms with E-state index in [2.05, 4.69) is 26.0 Å². The van der Waals surface area contributed by atoms with Crippen molar-refractivity contribution in [3.63, 3.8) is 0 Å². The summed E-state index contributed by atoms with van der Waals surface area (Å²) in [6.07, 6.45) is 4.36. The summed E-state index contributed by atoms with van der Waals surface area (Å²) in [6.45, 7) is 6.17. The average Bonchev–Trinajstić information content (AvgIpc) is 1.90. The molecule has 0 aromatic rings. The van der Waals surface area contributed by atoms with Gasteiger partial charge in [0.25, 0.3) is 0 Å². The van der Waals surface area contributed by atoms with E-state index in [1.807, 2.05) is 0 Å². The Labute approximate surface area is 56.7 Å². The number of hydrogen-bond donors (Lipinski definition) is 0. The molecule has 0 aromatic heterocycles. The topological polar surface area (TPSA) is 9.23 Å². The zero-order chi connectivity index (χ0) is 6.69. The van der Waals surface area contributed by atoms with Gasteiger partial charge >= 0.3 is 0 Å². The Bertz CT molecular complexity index is 105. The lowest BCUT2D eigenvalue weighted by Gasteiger charge is -2.19. The highest BCUT2D eigenvalue weighted by molar-refractivity contribution is 4.92. The smallest absolute Gasteiger partial charge is 0.0647 e. The lowest BCUT2D eigenvalue weighted by molar-refractivity contribution is 0.110. The molecule has 1 atom stereocenters. The van der Waals surface area contributed by atoms with E-state index in [4.69, 9.17) is 4.74 Å². The Morgan fingerprint density at radius 3 is 2.67 bits per heavy atom. The average molecular weight is 126 g/mol. The largest absolute Gasteiger partial charge is 0.377 e. The number of ether oxygens (including phenoxy) is 1. The Balaban J connectivity index is 2.40. The molecule has 0 aliphatic carbocycles. The SMILES string of the molecule is CC(C)C1C=CCOC1. The van der Waals surface area contributed by atoms with E-state index in [9.17, 15) is 0 Å². The van der Waals surface area contributed by atoms with Crippen LogP contribution in [0.1, 0.15) is 13.8 Å². The molecule has 1 aliphatic heterocycles. The van der Waals surface area contributed by atoms with Gasteiger partial charge in [0.05, 0.1) is 13.2 Å². The Morgan fingerprint density at radius 2 is 2.33 bits per heavy atom. The minimum Gasteiger partial charge on any atom is -0.377 e. The van der Waals surface area contributed by atoms with Gasteiger partial charge < -0.3 is 4.74 Å². The molecule has 1 nitrogen and oxygen atoms in total. The van der Waals surface area contributed by atoms with Gasteiger partial charge in [-0.1, -0.05) is 26.0 Å². The maximum atomic E-state index is 5.26. The fourth-order valence-corrected chi connectivity index (χ4v) is 0.973. The van der Waals surface area contributed by atoms with Crippen LogP contribution in [0.15, 0.2) is 12.2 Å². The summed E-state index contributed by atoms with van der Waals surface area (Å²) < 4.78 is 5.26. The van der Waals surface area contributed by atoms with Gasteiger partial charge in [0.15, 0.2) is 0 Å². The summed E-state index contributed by atoms with van der Waals surface area (Å²) in [6, 6.07) is 0. The molecule has 0 spiro atoms. The molecule has 1 heterocycles. The second-order valence-corrected chi connectivity index (χ2v) is 2.87. The molecule has 9 heavy (non-hydrogen) atoms. The first-order chi connectivity index (χ1) is 4.30. The molecule has 0 bridgehead atoms. The van der Waals surface area contributed by atoms with Crippen LogP contribution >= 0.6 is 0 Å². The number of hydrogen-bond acceptors (Lipinski definition) is 1. The van der Waals surface area contributed by atoms with E-state index in [1.165, 1.54) is 0 Å². The third kappa shape index (κ3) is 1.83. The first-order valence-electron chi connectivity index (χ1n) is 3.55. The molecule has 0 aromatic carbocycles. The van der Waals surface area contributed by atoms with Crippen LogP contribution in [0.3, 0.4) is 0 Å². The standard InChI is InChI=1S/C8H14O/c1-7(2)8-4-3-5-9-6-8/h3-4,7-8H,5-6H2,1-2H3. The molecule has 0 radical (unpaired) electrons. The molecule has 0 saturated heterocycles. The molecule has 0 N–H and O–H groups in total. The molecule has 1 unspecified atom stereocenters. The van der Waals surface area contributed by atoms with E-state index in [-0.39, 0.29) is 0 Å². The van der Waals surface area contributed by atoms with Crippen LogP contribution in [0.2, 0.25) is 0 Å². The van der Waals surface area contributed by atoms with Gasteiger partial charge in [0, 0.05) is 5.92 Å². The van der Waals surface area contributed by atoms with Gasteiger partial charge in [-0.2, -0.15) is 0 Å². The maximum Gasteiger partial charge on any atom is 0.0647 e. The first-order valence-corrected chi connectivity index (χ1v) is 3.55. The van der Waals surface area contributed by atoms with E-state index < -0.39 is 0 Å². The normalized spacial score (nSPS) is 27.2. The fourth-order valence-electron chi connectivity index (χ4n) is 0.973. The minimum absolute atomic E-state index is 0.652. The van der Waals surface area contributed by atoms with E-state index in [1.54, 1.807) is 0 Å². The highest BCUT2D eigenvalue weighted by atomic mass is 16.5. The van der Waals surface area contributed by atoms with Gasteiger partial charge in [-0.25, -0.2) is 0 Å². The van der Waals surface area contributed by atoms with Crippen LogP contribution in [0.25, 0.3) is 0 Å². The van der Waals surface area contributed by atoms with Crippen molar-refractivity contribution in [2.75, 3.05) is 13.2 Å². The van der Waals surface area contributed by atoms with Crippen molar-refractivity contribution in [2.24, 2.45) is 11.8 Å². The van der Waals surface area contributed by atoms with Crippen LogP contribution in [0, 0.1) is 11.8 Å². The lowest BCUT2D eigenvalue weighted by atomic mass is 9.95. The lowest BCUT2D eigenvalue weighted by Crippen LogP contribution is -2.17. The van der Waals surface area contributed by atoms with Crippen LogP contribution < -0.4 is 0 Å². The minimum atomic E-state index is 0.652. The summed E-state index contributed by atoms with van der Waals surface area (Å²) >= 11 is 0. The molecule has 52 valence electrons. The molecule has 1 aliphatic rings. The summed E-state index contributed by atoms with van der Waals surface area (Å²) in [7, 11) is 0. The van der Waals surface area contributed by atoms with Crippen molar-refractivity contribution in [3.8, 4) is 0 Å². The second kappa shape index (κ2) is 3.02. The van der Waals surface area contributed by atoms with Crippen LogP contribution in [0.5, 0.6) is 0 Å². The summed E-state index contributed by atoms with van der Waals surface area (Å²) in [5, 5.41) is 0. The van der Waals surface area contributed by atoms with Gasteiger partial charge in [-0.05, 0) is 5.92 Å². The van der Waals surface area contributed by atoms with E-state index in [0.717, 1.165) is 19.1 Å². The fraction of sp³-hybridized carbons (Fsp3) is 0.750. The van der Waals surface area contributed by atoms with E-state index >= 15 is 0 Å². The van der Waals surface area contributed by atoms with Crippen molar-refractivity contribution < 1.29 is 4.74 Å². The highest BCUT2D eigenvalue weighted by Crippen LogP contribution is 2.15. The predicted molar refractivity (Wildman–Crippen MR) is 38.3 cm³/mol. The Morgan fingerprint density at radius 1 is 1.56 bits per heavy atom. The Kier molecular flexibility index (Phi) is 2.29. The molecular weight excluding hydrogens is 112 g/mol. The van der Waals surface area contributed by atoms with Crippen molar-refractivity contribution in [3.05, 3.63) is 12.2 Å². The molecule has 0 amide bonds. The van der Waals surface area contributed by atoms with Gasteiger partial charge in [0.1, 0.15) is 0 Å². The zero-order valence-corrected chi connectivity index (χ0v) is 6.13. The van der Waals surface area contributed by atoms with Crippen molar-refractivity contribution in [1.29, 1.82) is 0 Å². The molecule has 0 saturated carbocycles. The molecular formula is C8H14O. The Hall–Kier alpha value is -0.300. The van der Waals surface area contributed by atoms with Crippen LogP contribution in [-0.2, 0) is 4.74 Å². The maximum absolute atomic E-state index is 5.26. The monoisotopic (exact) mass is 126 g/mol. The van der Waals surface area contributed by atoms with Gasteiger partial charge in [-0.15, -0.1) is 0 Å². The summed E-state index contributed by atoms with van der Waals surface area (Å²) in [5.74, 6) is 1.38. The quantitative estimate of drug-likeness (QED) is 0.487. The van der Waals surface area contributed by atoms with Crippen molar-refractivity contribution >= 4 is 0 Å². The third-order valence-corrected chi connectivity index (χ3v) is 1.76. The van der Waals surface area contributed by atoms with Crippen LogP contribution in [-0.4, -0.2) is 13.2 Å². The zero-order valence-electron chi connectivity index (χ0n) is 6.13. The number of rotatable bonds is 1. The van der Waals surface area contributed by atoms with Gasteiger partial charge in [0.2, 0.25) is 0 Å².